The van der Waals surface area contributed by atoms with Gasteiger partial charge in [-0.2, -0.15) is 0 Å². The van der Waals surface area contributed by atoms with Gasteiger partial charge >= 0.3 is 0 Å². The summed E-state index contributed by atoms with van der Waals surface area (Å²) in [7, 11) is 0. The molecular weight excluding hydrogens is 226 g/mol. The van der Waals surface area contributed by atoms with Crippen LogP contribution in [0.1, 0.15) is 46.0 Å². The molecule has 3 heteroatoms. The molecule has 0 aliphatic heterocycles. The Morgan fingerprint density at radius 3 is 2.22 bits per heavy atom. The number of rotatable bonds is 4. The highest BCUT2D eigenvalue weighted by Crippen LogP contribution is 2.53. The Bertz CT molecular complexity index is 300. The van der Waals surface area contributed by atoms with Gasteiger partial charge in [0.2, 0.25) is 5.91 Å². The van der Waals surface area contributed by atoms with Crippen molar-refractivity contribution in [1.82, 2.24) is 5.32 Å². The third-order valence-electron chi connectivity index (χ3n) is 5.32. The minimum atomic E-state index is -0.299. The number of carbonyl (C=O) groups is 1. The average molecular weight is 251 g/mol. The summed E-state index contributed by atoms with van der Waals surface area (Å²) in [6.45, 7) is 4.40. The lowest BCUT2D eigenvalue weighted by Crippen LogP contribution is -2.57. The summed E-state index contributed by atoms with van der Waals surface area (Å²) in [5.41, 5.74) is 0. The van der Waals surface area contributed by atoms with Crippen LogP contribution in [0.3, 0.4) is 0 Å². The number of nitrogens with one attached hydrogen (secondary N) is 1. The van der Waals surface area contributed by atoms with E-state index in [-0.39, 0.29) is 12.0 Å². The minimum absolute atomic E-state index is 0.0920. The Balaban J connectivity index is 1.61. The normalized spacial score (nSPS) is 42.9. The summed E-state index contributed by atoms with van der Waals surface area (Å²) in [5.74, 6) is 3.52. The van der Waals surface area contributed by atoms with Crippen LogP contribution in [0, 0.1) is 23.7 Å². The van der Waals surface area contributed by atoms with Crippen LogP contribution in [0.4, 0.5) is 0 Å². The van der Waals surface area contributed by atoms with Gasteiger partial charge in [0.15, 0.2) is 0 Å². The number of hydrogen-bond donors (Lipinski definition) is 1. The Morgan fingerprint density at radius 2 is 1.72 bits per heavy atom. The molecule has 18 heavy (non-hydrogen) atoms. The van der Waals surface area contributed by atoms with E-state index in [9.17, 15) is 4.79 Å². The van der Waals surface area contributed by atoms with E-state index in [0.29, 0.717) is 12.6 Å². The molecule has 102 valence electrons. The van der Waals surface area contributed by atoms with Crippen LogP contribution in [-0.2, 0) is 9.53 Å². The van der Waals surface area contributed by atoms with Gasteiger partial charge in [0.25, 0.3) is 0 Å². The highest BCUT2D eigenvalue weighted by atomic mass is 16.5. The van der Waals surface area contributed by atoms with Crippen LogP contribution in [0.2, 0.25) is 0 Å². The standard InChI is InChI=1S/C15H25NO2/c1-3-18-9(2)15(17)16-14-12-5-10-4-11(7-12)8-13(14)6-10/h9-14H,3-8H2,1-2H3,(H,16,17). The zero-order chi connectivity index (χ0) is 12.7. The fourth-order valence-corrected chi connectivity index (χ4v) is 4.77. The SMILES string of the molecule is CCOC(C)C(=O)NC1C2CC3CC(C2)CC1C3. The lowest BCUT2D eigenvalue weighted by atomic mass is 9.54. The predicted octanol–water partition coefficient (Wildman–Crippen LogP) is 2.35. The number of amides is 1. The van der Waals surface area contributed by atoms with Crippen molar-refractivity contribution in [3.8, 4) is 0 Å². The van der Waals surface area contributed by atoms with Gasteiger partial charge < -0.3 is 10.1 Å². The van der Waals surface area contributed by atoms with Gasteiger partial charge in [0.1, 0.15) is 6.10 Å². The van der Waals surface area contributed by atoms with Crippen LogP contribution in [0.15, 0.2) is 0 Å². The molecule has 4 aliphatic rings. The quantitative estimate of drug-likeness (QED) is 0.833. The molecule has 4 bridgehead atoms. The monoisotopic (exact) mass is 251 g/mol. The molecule has 4 rings (SSSR count). The van der Waals surface area contributed by atoms with E-state index in [0.717, 1.165) is 23.7 Å². The van der Waals surface area contributed by atoms with Gasteiger partial charge in [0.05, 0.1) is 0 Å². The molecule has 0 spiro atoms. The Morgan fingerprint density at radius 1 is 1.17 bits per heavy atom. The smallest absolute Gasteiger partial charge is 0.249 e. The van der Waals surface area contributed by atoms with Gasteiger partial charge in [-0.1, -0.05) is 0 Å². The van der Waals surface area contributed by atoms with Crippen molar-refractivity contribution < 1.29 is 9.53 Å². The van der Waals surface area contributed by atoms with Gasteiger partial charge in [-0.05, 0) is 69.6 Å². The first-order valence-corrected chi connectivity index (χ1v) is 7.59. The van der Waals surface area contributed by atoms with Crippen LogP contribution in [-0.4, -0.2) is 24.7 Å². The highest BCUT2D eigenvalue weighted by molar-refractivity contribution is 5.80. The first-order chi connectivity index (χ1) is 8.67. The van der Waals surface area contributed by atoms with Crippen molar-refractivity contribution in [1.29, 1.82) is 0 Å². The molecule has 0 aromatic rings. The van der Waals surface area contributed by atoms with Crippen LogP contribution in [0.5, 0.6) is 0 Å². The van der Waals surface area contributed by atoms with Crippen molar-refractivity contribution in [3.05, 3.63) is 0 Å². The number of ether oxygens (including phenoxy) is 1. The molecule has 0 aromatic heterocycles. The van der Waals surface area contributed by atoms with E-state index in [4.69, 9.17) is 4.74 Å². The zero-order valence-corrected chi connectivity index (χ0v) is 11.5. The molecule has 4 fully saturated rings. The maximum absolute atomic E-state index is 12.1. The third kappa shape index (κ3) is 2.18. The van der Waals surface area contributed by atoms with E-state index in [1.807, 2.05) is 13.8 Å². The minimum Gasteiger partial charge on any atom is -0.369 e. The fourth-order valence-electron chi connectivity index (χ4n) is 4.77. The van der Waals surface area contributed by atoms with Gasteiger partial charge in [-0.25, -0.2) is 0 Å². The van der Waals surface area contributed by atoms with E-state index in [1.165, 1.54) is 32.1 Å². The molecule has 0 radical (unpaired) electrons. The summed E-state index contributed by atoms with van der Waals surface area (Å²) in [4.78, 5) is 12.1. The van der Waals surface area contributed by atoms with Crippen LogP contribution >= 0.6 is 0 Å². The summed E-state index contributed by atoms with van der Waals surface area (Å²) in [6, 6.07) is 0.438. The van der Waals surface area contributed by atoms with E-state index >= 15 is 0 Å². The van der Waals surface area contributed by atoms with Crippen LogP contribution < -0.4 is 5.32 Å². The van der Waals surface area contributed by atoms with Crippen molar-refractivity contribution in [3.63, 3.8) is 0 Å². The molecule has 0 heterocycles. The molecule has 4 aliphatic carbocycles. The van der Waals surface area contributed by atoms with Crippen molar-refractivity contribution in [2.45, 2.75) is 58.1 Å². The Labute approximate surface area is 110 Å². The van der Waals surface area contributed by atoms with Gasteiger partial charge in [-0.3, -0.25) is 4.79 Å². The van der Waals surface area contributed by atoms with E-state index in [2.05, 4.69) is 5.32 Å². The second-order valence-corrected chi connectivity index (χ2v) is 6.56. The summed E-state index contributed by atoms with van der Waals surface area (Å²) in [5, 5.41) is 3.28. The zero-order valence-electron chi connectivity index (χ0n) is 11.5. The second-order valence-electron chi connectivity index (χ2n) is 6.56. The van der Waals surface area contributed by atoms with E-state index in [1.54, 1.807) is 0 Å². The fraction of sp³-hybridized carbons (Fsp3) is 0.933. The van der Waals surface area contributed by atoms with Gasteiger partial charge in [0, 0.05) is 12.6 Å². The molecule has 3 nitrogen and oxygen atoms in total. The first-order valence-electron chi connectivity index (χ1n) is 7.59. The average Bonchev–Trinajstić information content (AvgIpc) is 2.33. The van der Waals surface area contributed by atoms with Crippen molar-refractivity contribution in [2.24, 2.45) is 23.7 Å². The summed E-state index contributed by atoms with van der Waals surface area (Å²) in [6.07, 6.45) is 6.56. The lowest BCUT2D eigenvalue weighted by Gasteiger charge is -2.54. The van der Waals surface area contributed by atoms with Gasteiger partial charge in [-0.15, -0.1) is 0 Å². The maximum atomic E-state index is 12.1. The molecule has 0 aromatic carbocycles. The Kier molecular flexibility index (Phi) is 3.35. The predicted molar refractivity (Wildman–Crippen MR) is 70.1 cm³/mol. The first kappa shape index (κ1) is 12.5. The van der Waals surface area contributed by atoms with Crippen molar-refractivity contribution in [2.75, 3.05) is 6.61 Å². The molecule has 0 saturated heterocycles. The number of carbonyl (C=O) groups excluding carboxylic acids is 1. The largest absolute Gasteiger partial charge is 0.369 e. The number of hydrogen-bond acceptors (Lipinski definition) is 2. The topological polar surface area (TPSA) is 38.3 Å². The molecule has 1 N–H and O–H groups in total. The molecule has 1 unspecified atom stereocenters. The summed E-state index contributed by atoms with van der Waals surface area (Å²) < 4.78 is 5.39. The second kappa shape index (κ2) is 4.84. The van der Waals surface area contributed by atoms with Crippen LogP contribution in [0.25, 0.3) is 0 Å². The molecule has 4 saturated carbocycles. The Hall–Kier alpha value is -0.570. The lowest BCUT2D eigenvalue weighted by molar-refractivity contribution is -0.135. The molecular formula is C15H25NO2. The summed E-state index contributed by atoms with van der Waals surface area (Å²) >= 11 is 0. The van der Waals surface area contributed by atoms with Crippen molar-refractivity contribution >= 4 is 5.91 Å². The van der Waals surface area contributed by atoms with E-state index < -0.39 is 0 Å². The molecule has 1 atom stereocenters. The highest BCUT2D eigenvalue weighted by Gasteiger charge is 2.48. The third-order valence-corrected chi connectivity index (χ3v) is 5.32. The molecule has 1 amide bonds. The maximum Gasteiger partial charge on any atom is 0.249 e.